The van der Waals surface area contributed by atoms with Gasteiger partial charge in [0.1, 0.15) is 0 Å². The molecule has 118 valence electrons. The molecule has 4 nitrogen and oxygen atoms in total. The summed E-state index contributed by atoms with van der Waals surface area (Å²) in [6, 6.07) is 2.10. The fraction of sp³-hybridized carbons (Fsp3) is 0.462. The SMILES string of the molecule is CCc1c(C(=O)O)ccc(C(F)(Cl)Cl)c1S(=O)(=O)C(C)C. The van der Waals surface area contributed by atoms with Crippen molar-refractivity contribution in [3.8, 4) is 0 Å². The van der Waals surface area contributed by atoms with Crippen molar-refractivity contribution in [2.24, 2.45) is 0 Å². The second-order valence-corrected chi connectivity index (χ2v) is 8.39. The van der Waals surface area contributed by atoms with Crippen LogP contribution >= 0.6 is 23.2 Å². The Morgan fingerprint density at radius 1 is 1.38 bits per heavy atom. The highest BCUT2D eigenvalue weighted by molar-refractivity contribution is 7.92. The summed E-state index contributed by atoms with van der Waals surface area (Å²) in [7, 11) is -3.96. The van der Waals surface area contributed by atoms with Crippen molar-refractivity contribution in [3.63, 3.8) is 0 Å². The summed E-state index contributed by atoms with van der Waals surface area (Å²) in [4.78, 5) is 10.8. The third kappa shape index (κ3) is 3.49. The largest absolute Gasteiger partial charge is 0.478 e. The fourth-order valence-corrected chi connectivity index (χ4v) is 3.97. The van der Waals surface area contributed by atoms with Crippen LogP contribution in [0.3, 0.4) is 0 Å². The molecule has 0 unspecified atom stereocenters. The van der Waals surface area contributed by atoms with Gasteiger partial charge in [-0.1, -0.05) is 36.2 Å². The van der Waals surface area contributed by atoms with Crippen molar-refractivity contribution in [2.45, 2.75) is 41.9 Å². The number of alkyl halides is 3. The Hall–Kier alpha value is -0.850. The summed E-state index contributed by atoms with van der Waals surface area (Å²) in [6.07, 6.45) is 0.0839. The summed E-state index contributed by atoms with van der Waals surface area (Å²) in [5.41, 5.74) is -0.670. The summed E-state index contributed by atoms with van der Waals surface area (Å²) in [6.45, 7) is 4.40. The Balaban J connectivity index is 3.94. The van der Waals surface area contributed by atoms with E-state index in [0.717, 1.165) is 12.1 Å². The van der Waals surface area contributed by atoms with Gasteiger partial charge in [0, 0.05) is 5.56 Å². The molecule has 0 aliphatic rings. The van der Waals surface area contributed by atoms with Crippen LogP contribution in [-0.2, 0) is 20.8 Å². The molecule has 0 radical (unpaired) electrons. The van der Waals surface area contributed by atoms with Gasteiger partial charge in [0.25, 0.3) is 4.59 Å². The Bertz CT molecular complexity index is 663. The monoisotopic (exact) mass is 356 g/mol. The van der Waals surface area contributed by atoms with Gasteiger partial charge in [0.2, 0.25) is 0 Å². The molecule has 0 aliphatic heterocycles. The number of hydrogen-bond acceptors (Lipinski definition) is 3. The molecule has 21 heavy (non-hydrogen) atoms. The minimum absolute atomic E-state index is 0.00275. The van der Waals surface area contributed by atoms with Gasteiger partial charge in [0.15, 0.2) is 9.84 Å². The number of carboxylic acid groups (broad SMARTS) is 1. The van der Waals surface area contributed by atoms with E-state index in [9.17, 15) is 17.6 Å². The number of hydrogen-bond donors (Lipinski definition) is 1. The predicted molar refractivity (Wildman–Crippen MR) is 79.6 cm³/mol. The molecule has 0 amide bonds. The van der Waals surface area contributed by atoms with E-state index in [1.807, 2.05) is 0 Å². The van der Waals surface area contributed by atoms with E-state index in [4.69, 9.17) is 28.3 Å². The van der Waals surface area contributed by atoms with Crippen molar-refractivity contribution in [2.75, 3.05) is 0 Å². The first-order valence-corrected chi connectivity index (χ1v) is 8.45. The average molecular weight is 357 g/mol. The number of benzene rings is 1. The molecule has 0 saturated carbocycles. The maximum atomic E-state index is 13.9. The van der Waals surface area contributed by atoms with Gasteiger partial charge in [-0.05, 0) is 31.9 Å². The first-order valence-electron chi connectivity index (χ1n) is 6.14. The third-order valence-corrected chi connectivity index (χ3v) is 5.74. The topological polar surface area (TPSA) is 71.4 Å². The van der Waals surface area contributed by atoms with E-state index >= 15 is 0 Å². The Kier molecular flexibility index (Phi) is 5.29. The number of aromatic carboxylic acids is 1. The molecule has 1 N–H and O–H groups in total. The smallest absolute Gasteiger partial charge is 0.336 e. The Morgan fingerprint density at radius 2 is 1.90 bits per heavy atom. The van der Waals surface area contributed by atoms with Crippen LogP contribution in [0.2, 0.25) is 0 Å². The van der Waals surface area contributed by atoms with Crippen LogP contribution in [0.1, 0.15) is 42.3 Å². The zero-order valence-corrected chi connectivity index (χ0v) is 14.0. The van der Waals surface area contributed by atoms with Crippen molar-refractivity contribution in [3.05, 3.63) is 28.8 Å². The van der Waals surface area contributed by atoms with Gasteiger partial charge in [-0.25, -0.2) is 17.6 Å². The van der Waals surface area contributed by atoms with Gasteiger partial charge in [-0.3, -0.25) is 0 Å². The van der Waals surface area contributed by atoms with Crippen LogP contribution in [0.25, 0.3) is 0 Å². The third-order valence-electron chi connectivity index (χ3n) is 3.05. The molecule has 1 rings (SSSR count). The molecule has 1 aromatic rings. The number of carboxylic acids is 1. The molecule has 0 aliphatic carbocycles. The van der Waals surface area contributed by atoms with Crippen molar-refractivity contribution < 1.29 is 22.7 Å². The first-order chi connectivity index (χ1) is 9.44. The molecule has 0 fully saturated rings. The number of carbonyl (C=O) groups is 1. The standard InChI is InChI=1S/C13H15Cl2FO4S/c1-4-8-9(12(17)18)5-6-10(13(14,15)16)11(8)21(19,20)7(2)3/h5-7H,4H2,1-3H3,(H,17,18). The number of rotatable bonds is 5. The van der Waals surface area contributed by atoms with Crippen LogP contribution in [-0.4, -0.2) is 24.7 Å². The molecular formula is C13H15Cl2FO4S. The summed E-state index contributed by atoms with van der Waals surface area (Å²) in [5, 5.41) is 8.29. The molecule has 0 aromatic heterocycles. The van der Waals surface area contributed by atoms with Crippen LogP contribution in [0, 0.1) is 0 Å². The molecule has 0 bridgehead atoms. The van der Waals surface area contributed by atoms with Gasteiger partial charge < -0.3 is 5.11 Å². The highest BCUT2D eigenvalue weighted by atomic mass is 35.5. The van der Waals surface area contributed by atoms with Crippen molar-refractivity contribution >= 4 is 39.0 Å². The lowest BCUT2D eigenvalue weighted by molar-refractivity contribution is 0.0695. The minimum atomic E-state index is -3.96. The quantitative estimate of drug-likeness (QED) is 0.816. The summed E-state index contributed by atoms with van der Waals surface area (Å²) in [5.74, 6) is -1.30. The van der Waals surface area contributed by atoms with E-state index in [1.54, 1.807) is 6.92 Å². The highest BCUT2D eigenvalue weighted by Gasteiger charge is 2.37. The molecule has 0 heterocycles. The zero-order chi connectivity index (χ0) is 16.6. The van der Waals surface area contributed by atoms with Crippen LogP contribution in [0.5, 0.6) is 0 Å². The van der Waals surface area contributed by atoms with Crippen LogP contribution in [0.15, 0.2) is 17.0 Å². The van der Waals surface area contributed by atoms with Crippen molar-refractivity contribution in [1.82, 2.24) is 0 Å². The predicted octanol–water partition coefficient (Wildman–Crippen LogP) is 3.69. The molecular weight excluding hydrogens is 342 g/mol. The highest BCUT2D eigenvalue weighted by Crippen LogP contribution is 2.42. The fourth-order valence-electron chi connectivity index (χ4n) is 1.96. The Labute approximate surface area is 132 Å². The maximum absolute atomic E-state index is 13.9. The summed E-state index contributed by atoms with van der Waals surface area (Å²) >= 11 is 10.8. The summed E-state index contributed by atoms with van der Waals surface area (Å²) < 4.78 is 36.0. The van der Waals surface area contributed by atoms with Gasteiger partial charge in [0.05, 0.1) is 15.7 Å². The van der Waals surface area contributed by atoms with E-state index in [2.05, 4.69) is 0 Å². The van der Waals surface area contributed by atoms with Gasteiger partial charge in [-0.2, -0.15) is 0 Å². The van der Waals surface area contributed by atoms with E-state index in [-0.39, 0.29) is 17.5 Å². The lowest BCUT2D eigenvalue weighted by Gasteiger charge is -2.21. The molecule has 8 heteroatoms. The molecule has 1 aromatic carbocycles. The molecule has 0 spiro atoms. The first kappa shape index (κ1) is 18.2. The van der Waals surface area contributed by atoms with Crippen molar-refractivity contribution in [1.29, 1.82) is 0 Å². The lowest BCUT2D eigenvalue weighted by atomic mass is 10.0. The van der Waals surface area contributed by atoms with E-state index in [0.29, 0.717) is 0 Å². The molecule has 0 atom stereocenters. The Morgan fingerprint density at radius 3 is 2.24 bits per heavy atom. The lowest BCUT2D eigenvalue weighted by Crippen LogP contribution is -2.22. The molecule has 0 saturated heterocycles. The average Bonchev–Trinajstić information content (AvgIpc) is 2.35. The zero-order valence-electron chi connectivity index (χ0n) is 11.7. The maximum Gasteiger partial charge on any atom is 0.336 e. The van der Waals surface area contributed by atoms with Crippen LogP contribution in [0.4, 0.5) is 4.39 Å². The van der Waals surface area contributed by atoms with Gasteiger partial charge in [-0.15, -0.1) is 0 Å². The number of sulfone groups is 1. The second-order valence-electron chi connectivity index (χ2n) is 4.72. The minimum Gasteiger partial charge on any atom is -0.478 e. The van der Waals surface area contributed by atoms with Crippen LogP contribution < -0.4 is 0 Å². The van der Waals surface area contributed by atoms with Gasteiger partial charge >= 0.3 is 5.97 Å². The van der Waals surface area contributed by atoms with E-state index in [1.165, 1.54) is 13.8 Å². The van der Waals surface area contributed by atoms with E-state index < -0.39 is 36.1 Å². The normalized spacial score (nSPS) is 12.7. The second kappa shape index (κ2) is 6.10. The number of halogens is 3.